The van der Waals surface area contributed by atoms with Crippen LogP contribution in [0.15, 0.2) is 12.1 Å². The van der Waals surface area contributed by atoms with Crippen LogP contribution < -0.4 is 5.32 Å². The summed E-state index contributed by atoms with van der Waals surface area (Å²) >= 11 is 0. The van der Waals surface area contributed by atoms with Crippen molar-refractivity contribution in [3.8, 4) is 0 Å². The molecule has 0 radical (unpaired) electrons. The molecule has 5 nitrogen and oxygen atoms in total. The molecule has 6 heteroatoms. The Morgan fingerprint density at radius 3 is 2.91 bits per heavy atom. The molecule has 0 saturated carbocycles. The van der Waals surface area contributed by atoms with Gasteiger partial charge in [0.15, 0.2) is 5.78 Å². The number of hydrogen-bond acceptors (Lipinski definition) is 3. The average molecular weight is 306 g/mol. The van der Waals surface area contributed by atoms with Gasteiger partial charge in [-0.15, -0.1) is 0 Å². The summed E-state index contributed by atoms with van der Waals surface area (Å²) in [4.78, 5) is 25.6. The minimum atomic E-state index is -0.483. The predicted molar refractivity (Wildman–Crippen MR) is 78.0 cm³/mol. The third-order valence-electron chi connectivity index (χ3n) is 4.46. The Morgan fingerprint density at radius 2 is 2.14 bits per heavy atom. The molecule has 3 rings (SSSR count). The number of hydrogen-bond donors (Lipinski definition) is 1. The zero-order valence-electron chi connectivity index (χ0n) is 12.7. The second-order valence-electron chi connectivity index (χ2n) is 5.89. The molecular formula is C16H19FN2O3. The number of Topliss-reactive ketones (excluding diaryl/α,β-unsaturated/α-hetero) is 1. The quantitative estimate of drug-likeness (QED) is 0.904. The van der Waals surface area contributed by atoms with Gasteiger partial charge in [0.05, 0.1) is 6.10 Å². The molecule has 0 spiro atoms. The monoisotopic (exact) mass is 306 g/mol. The van der Waals surface area contributed by atoms with Crippen LogP contribution in [0, 0.1) is 19.7 Å². The molecule has 118 valence electrons. The largest absolute Gasteiger partial charge is 0.368 e. The minimum absolute atomic E-state index is 0.0597. The Hall–Kier alpha value is -1.95. The fraction of sp³-hybridized carbons (Fsp3) is 0.500. The highest BCUT2D eigenvalue weighted by Crippen LogP contribution is 2.27. The van der Waals surface area contributed by atoms with E-state index in [-0.39, 0.29) is 36.9 Å². The molecule has 1 N–H and O–H groups in total. The Bertz CT molecular complexity index is 632. The summed E-state index contributed by atoms with van der Waals surface area (Å²) < 4.78 is 19.5. The summed E-state index contributed by atoms with van der Waals surface area (Å²) in [6, 6.07) is 2.73. The number of nitrogens with zero attached hydrogens (tertiary/aromatic N) is 1. The zero-order valence-corrected chi connectivity index (χ0v) is 12.7. The van der Waals surface area contributed by atoms with E-state index in [1.807, 2.05) is 13.0 Å². The molecule has 2 aliphatic heterocycles. The summed E-state index contributed by atoms with van der Waals surface area (Å²) in [6.07, 6.45) is 0.484. The van der Waals surface area contributed by atoms with E-state index in [1.54, 1.807) is 13.0 Å². The van der Waals surface area contributed by atoms with Gasteiger partial charge in [0.1, 0.15) is 18.5 Å². The van der Waals surface area contributed by atoms with Crippen LogP contribution in [-0.4, -0.2) is 42.0 Å². The van der Waals surface area contributed by atoms with Gasteiger partial charge in [-0.3, -0.25) is 4.79 Å². The lowest BCUT2D eigenvalue weighted by molar-refractivity contribution is -0.120. The second kappa shape index (κ2) is 5.68. The van der Waals surface area contributed by atoms with Gasteiger partial charge in [0, 0.05) is 18.7 Å². The van der Waals surface area contributed by atoms with Gasteiger partial charge in [0.25, 0.3) is 0 Å². The molecule has 2 saturated heterocycles. The van der Waals surface area contributed by atoms with Crippen molar-refractivity contribution >= 4 is 11.8 Å². The maximum absolute atomic E-state index is 14.1. The Kier molecular flexibility index (Phi) is 3.87. The molecule has 2 aliphatic rings. The van der Waals surface area contributed by atoms with Crippen molar-refractivity contribution in [1.82, 2.24) is 10.2 Å². The van der Waals surface area contributed by atoms with Crippen LogP contribution >= 0.6 is 0 Å². The number of ketones is 1. The Morgan fingerprint density at radius 1 is 1.41 bits per heavy atom. The highest BCUT2D eigenvalue weighted by Gasteiger charge is 2.46. The number of carbonyl (C=O) groups is 2. The number of rotatable bonds is 2. The fourth-order valence-electron chi connectivity index (χ4n) is 3.14. The van der Waals surface area contributed by atoms with Crippen molar-refractivity contribution in [1.29, 1.82) is 0 Å². The van der Waals surface area contributed by atoms with Gasteiger partial charge in [-0.05, 0) is 31.4 Å². The van der Waals surface area contributed by atoms with Crippen molar-refractivity contribution in [3.05, 3.63) is 34.6 Å². The average Bonchev–Trinajstić information content (AvgIpc) is 3.06. The van der Waals surface area contributed by atoms with Crippen molar-refractivity contribution in [2.45, 2.75) is 39.0 Å². The van der Waals surface area contributed by atoms with Gasteiger partial charge in [-0.25, -0.2) is 9.18 Å². The third-order valence-corrected chi connectivity index (χ3v) is 4.46. The van der Waals surface area contributed by atoms with Gasteiger partial charge in [-0.2, -0.15) is 0 Å². The molecule has 0 aliphatic carbocycles. The second-order valence-corrected chi connectivity index (χ2v) is 5.89. The first-order chi connectivity index (χ1) is 10.5. The maximum Gasteiger partial charge on any atom is 0.318 e. The van der Waals surface area contributed by atoms with Crippen LogP contribution in [0.5, 0.6) is 0 Å². The van der Waals surface area contributed by atoms with E-state index in [0.717, 1.165) is 5.56 Å². The van der Waals surface area contributed by atoms with Crippen LogP contribution in [0.3, 0.4) is 0 Å². The van der Waals surface area contributed by atoms with Crippen molar-refractivity contribution < 1.29 is 18.7 Å². The van der Waals surface area contributed by atoms with Crippen LogP contribution in [0.4, 0.5) is 9.18 Å². The summed E-state index contributed by atoms with van der Waals surface area (Å²) in [5.74, 6) is -0.351. The number of ether oxygens (including phenoxy) is 1. The SMILES string of the molecule is Cc1ccc(C)c(CNC(=O)N2CC[C@H]3OCC(=O)[C@H]32)c1F. The lowest BCUT2D eigenvalue weighted by atomic mass is 10.0. The molecule has 1 aromatic rings. The zero-order chi connectivity index (χ0) is 15.9. The lowest BCUT2D eigenvalue weighted by Crippen LogP contribution is -2.46. The maximum atomic E-state index is 14.1. The standard InChI is InChI=1S/C16H19FN2O3/c1-9-3-4-10(2)14(17)11(9)7-18-16(21)19-6-5-13-15(19)12(20)8-22-13/h3-4,13,15H,5-8H2,1-2H3,(H,18,21)/t13-,15-/m1/s1. The minimum Gasteiger partial charge on any atom is -0.368 e. The topological polar surface area (TPSA) is 58.6 Å². The van der Waals surface area contributed by atoms with Crippen LogP contribution in [0.25, 0.3) is 0 Å². The summed E-state index contributed by atoms with van der Waals surface area (Å²) in [5.41, 5.74) is 1.83. The third kappa shape index (κ3) is 2.47. The molecular weight excluding hydrogens is 287 g/mol. The first-order valence-electron chi connectivity index (χ1n) is 7.42. The number of carbonyl (C=O) groups excluding carboxylic acids is 2. The van der Waals surface area contributed by atoms with Crippen molar-refractivity contribution in [2.75, 3.05) is 13.2 Å². The molecule has 22 heavy (non-hydrogen) atoms. The fourth-order valence-corrected chi connectivity index (χ4v) is 3.14. The van der Waals surface area contributed by atoms with E-state index in [2.05, 4.69) is 5.32 Å². The van der Waals surface area contributed by atoms with E-state index < -0.39 is 6.04 Å². The molecule has 2 atom stereocenters. The summed E-state index contributed by atoms with van der Waals surface area (Å²) in [7, 11) is 0. The first-order valence-corrected chi connectivity index (χ1v) is 7.42. The highest BCUT2D eigenvalue weighted by atomic mass is 19.1. The number of fused-ring (bicyclic) bond motifs is 1. The van der Waals surface area contributed by atoms with Crippen LogP contribution in [0.2, 0.25) is 0 Å². The molecule has 0 aromatic heterocycles. The van der Waals surface area contributed by atoms with E-state index in [4.69, 9.17) is 4.74 Å². The Balaban J connectivity index is 1.69. The number of aryl methyl sites for hydroxylation is 2. The van der Waals surface area contributed by atoms with Crippen LogP contribution in [0.1, 0.15) is 23.1 Å². The number of likely N-dealkylation sites (tertiary alicyclic amines) is 1. The number of urea groups is 1. The smallest absolute Gasteiger partial charge is 0.318 e. The van der Waals surface area contributed by atoms with Gasteiger partial charge in [-0.1, -0.05) is 12.1 Å². The molecule has 2 fully saturated rings. The number of amides is 2. The molecule has 0 unspecified atom stereocenters. The number of nitrogens with one attached hydrogen (secondary N) is 1. The van der Waals surface area contributed by atoms with Gasteiger partial charge < -0.3 is 15.0 Å². The summed E-state index contributed by atoms with van der Waals surface area (Å²) in [5, 5.41) is 2.72. The molecule has 0 bridgehead atoms. The van der Waals surface area contributed by atoms with Crippen molar-refractivity contribution in [3.63, 3.8) is 0 Å². The van der Waals surface area contributed by atoms with Gasteiger partial charge in [0.2, 0.25) is 0 Å². The van der Waals surface area contributed by atoms with E-state index in [0.29, 0.717) is 24.1 Å². The van der Waals surface area contributed by atoms with Crippen molar-refractivity contribution in [2.24, 2.45) is 0 Å². The van der Waals surface area contributed by atoms with Crippen LogP contribution in [-0.2, 0) is 16.1 Å². The molecule has 2 heterocycles. The molecule has 1 aromatic carbocycles. The van der Waals surface area contributed by atoms with E-state index in [1.165, 1.54) is 4.90 Å². The Labute approximate surface area is 128 Å². The van der Waals surface area contributed by atoms with Gasteiger partial charge >= 0.3 is 6.03 Å². The number of benzene rings is 1. The van der Waals surface area contributed by atoms with E-state index in [9.17, 15) is 14.0 Å². The highest BCUT2D eigenvalue weighted by molar-refractivity contribution is 5.92. The normalized spacial score (nSPS) is 23.8. The first kappa shape index (κ1) is 15.0. The summed E-state index contributed by atoms with van der Waals surface area (Å²) in [6.45, 7) is 4.18. The van der Waals surface area contributed by atoms with E-state index >= 15 is 0 Å². The predicted octanol–water partition coefficient (Wildman–Crippen LogP) is 1.69. The number of halogens is 1. The molecule has 2 amide bonds. The lowest BCUT2D eigenvalue weighted by Gasteiger charge is -2.22.